The Morgan fingerprint density at radius 1 is 1.10 bits per heavy atom. The summed E-state index contributed by atoms with van der Waals surface area (Å²) in [6.45, 7) is 2.89. The molecule has 13 heteroatoms. The van der Waals surface area contributed by atoms with Crippen LogP contribution in [-0.4, -0.2) is 80.4 Å². The van der Waals surface area contributed by atoms with E-state index in [1.54, 1.807) is 0 Å². The van der Waals surface area contributed by atoms with Crippen molar-refractivity contribution >= 4 is 36.3 Å². The number of H-pyrrole nitrogens is 1. The highest BCUT2D eigenvalue weighted by Gasteiger charge is 2.29. The van der Waals surface area contributed by atoms with E-state index >= 15 is 0 Å². The SMILES string of the molecule is CC(C)CC(NC(=O)C(CS)NC(=O)C(CO)NC(=O)C(N)Cc1cnc[nH]1)C(=O)O. The Bertz CT molecular complexity index is 744. The van der Waals surface area contributed by atoms with Crippen LogP contribution in [0.5, 0.6) is 0 Å². The van der Waals surface area contributed by atoms with Crippen LogP contribution in [0, 0.1) is 5.92 Å². The standard InChI is InChI=1S/C18H30N6O6S/c1-9(2)3-12(18(29)30)22-17(28)14(7-31)24-16(27)13(6-25)23-15(26)11(19)4-10-5-20-8-21-10/h5,8-9,11-14,25,31H,3-4,6-7,19H2,1-2H3,(H,20,21)(H,22,28)(H,23,26)(H,24,27)(H,29,30). The molecular formula is C18H30N6O6S. The number of nitrogens with two attached hydrogens (primary N) is 1. The fourth-order valence-electron chi connectivity index (χ4n) is 2.63. The lowest BCUT2D eigenvalue weighted by Gasteiger charge is -2.24. The van der Waals surface area contributed by atoms with Crippen molar-refractivity contribution in [3.05, 3.63) is 18.2 Å². The summed E-state index contributed by atoms with van der Waals surface area (Å²) in [6.07, 6.45) is 3.28. The van der Waals surface area contributed by atoms with E-state index in [1.807, 2.05) is 13.8 Å². The van der Waals surface area contributed by atoms with Crippen LogP contribution in [0.25, 0.3) is 0 Å². The van der Waals surface area contributed by atoms with Gasteiger partial charge in [0.05, 0.1) is 19.0 Å². The van der Waals surface area contributed by atoms with Gasteiger partial charge < -0.3 is 36.9 Å². The predicted octanol–water partition coefficient (Wildman–Crippen LogP) is -2.21. The average molecular weight is 459 g/mol. The maximum atomic E-state index is 12.4. The molecule has 0 saturated heterocycles. The minimum absolute atomic E-state index is 0.0189. The lowest BCUT2D eigenvalue weighted by Crippen LogP contribution is -2.58. The Balaban J connectivity index is 2.69. The van der Waals surface area contributed by atoms with Gasteiger partial charge in [0, 0.05) is 24.1 Å². The van der Waals surface area contributed by atoms with Crippen molar-refractivity contribution in [1.82, 2.24) is 25.9 Å². The largest absolute Gasteiger partial charge is 0.480 e. The van der Waals surface area contributed by atoms with Crippen LogP contribution in [0.1, 0.15) is 26.0 Å². The van der Waals surface area contributed by atoms with Crippen molar-refractivity contribution < 1.29 is 29.4 Å². The van der Waals surface area contributed by atoms with E-state index in [-0.39, 0.29) is 24.5 Å². The van der Waals surface area contributed by atoms with Crippen LogP contribution in [-0.2, 0) is 25.6 Å². The van der Waals surface area contributed by atoms with Crippen LogP contribution in [0.4, 0.5) is 0 Å². The van der Waals surface area contributed by atoms with Crippen LogP contribution < -0.4 is 21.7 Å². The molecule has 0 aliphatic carbocycles. The highest BCUT2D eigenvalue weighted by molar-refractivity contribution is 7.80. The second-order valence-corrected chi connectivity index (χ2v) is 7.77. The Labute approximate surface area is 185 Å². The number of thiol groups is 1. The summed E-state index contributed by atoms with van der Waals surface area (Å²) in [7, 11) is 0. The zero-order valence-electron chi connectivity index (χ0n) is 17.4. The zero-order valence-corrected chi connectivity index (χ0v) is 18.3. The van der Waals surface area contributed by atoms with E-state index in [4.69, 9.17) is 5.73 Å². The smallest absolute Gasteiger partial charge is 0.326 e. The van der Waals surface area contributed by atoms with E-state index in [1.165, 1.54) is 12.5 Å². The molecule has 0 radical (unpaired) electrons. The maximum absolute atomic E-state index is 12.4. The molecule has 0 fully saturated rings. The molecule has 4 atom stereocenters. The Kier molecular flexibility index (Phi) is 11.0. The highest BCUT2D eigenvalue weighted by atomic mass is 32.1. The van der Waals surface area contributed by atoms with Gasteiger partial charge in [-0.1, -0.05) is 13.8 Å². The van der Waals surface area contributed by atoms with Crippen LogP contribution in [0.2, 0.25) is 0 Å². The highest BCUT2D eigenvalue weighted by Crippen LogP contribution is 2.06. The molecule has 1 heterocycles. The number of nitrogens with one attached hydrogen (secondary N) is 4. The van der Waals surface area contributed by atoms with E-state index in [0.29, 0.717) is 5.69 Å². The summed E-state index contributed by atoms with van der Waals surface area (Å²) in [5.41, 5.74) is 6.42. The number of hydrogen-bond donors (Lipinski definition) is 8. The average Bonchev–Trinajstić information content (AvgIpc) is 3.21. The van der Waals surface area contributed by atoms with E-state index in [2.05, 4.69) is 38.5 Å². The van der Waals surface area contributed by atoms with Crippen molar-refractivity contribution in [2.24, 2.45) is 11.7 Å². The number of nitrogens with zero attached hydrogens (tertiary/aromatic N) is 1. The van der Waals surface area contributed by atoms with Crippen LogP contribution in [0.3, 0.4) is 0 Å². The molecule has 0 aliphatic rings. The summed E-state index contributed by atoms with van der Waals surface area (Å²) in [6, 6.07) is -4.66. The Hall–Kier alpha value is -2.64. The first-order chi connectivity index (χ1) is 14.6. The van der Waals surface area contributed by atoms with Crippen molar-refractivity contribution in [2.75, 3.05) is 12.4 Å². The van der Waals surface area contributed by atoms with Crippen molar-refractivity contribution in [3.8, 4) is 0 Å². The van der Waals surface area contributed by atoms with Crippen LogP contribution in [0.15, 0.2) is 12.5 Å². The van der Waals surface area contributed by atoms with Gasteiger partial charge in [0.1, 0.15) is 18.1 Å². The van der Waals surface area contributed by atoms with E-state index in [9.17, 15) is 29.4 Å². The number of amides is 3. The normalized spacial score (nSPS) is 14.9. The molecule has 8 N–H and O–H groups in total. The number of carbonyl (C=O) groups excluding carboxylic acids is 3. The first kappa shape index (κ1) is 26.4. The second kappa shape index (κ2) is 12.9. The number of imidazole rings is 1. The third-order valence-corrected chi connectivity index (χ3v) is 4.65. The van der Waals surface area contributed by atoms with Gasteiger partial charge in [0.2, 0.25) is 17.7 Å². The van der Waals surface area contributed by atoms with E-state index < -0.39 is 54.5 Å². The number of carboxylic acid groups (broad SMARTS) is 1. The minimum Gasteiger partial charge on any atom is -0.480 e. The van der Waals surface area contributed by atoms with E-state index in [0.717, 1.165) is 0 Å². The summed E-state index contributed by atoms with van der Waals surface area (Å²) in [4.78, 5) is 55.0. The number of carboxylic acids is 1. The molecule has 1 aromatic heterocycles. The zero-order chi connectivity index (χ0) is 23.6. The van der Waals surface area contributed by atoms with Crippen molar-refractivity contribution in [2.45, 2.75) is 50.9 Å². The fourth-order valence-corrected chi connectivity index (χ4v) is 2.89. The number of aliphatic carboxylic acids is 1. The molecule has 0 saturated carbocycles. The fraction of sp³-hybridized carbons (Fsp3) is 0.611. The van der Waals surface area contributed by atoms with Gasteiger partial charge in [0.25, 0.3) is 0 Å². The van der Waals surface area contributed by atoms with Crippen molar-refractivity contribution in [3.63, 3.8) is 0 Å². The molecule has 12 nitrogen and oxygen atoms in total. The third kappa shape index (κ3) is 8.94. The van der Waals surface area contributed by atoms with Gasteiger partial charge in [-0.05, 0) is 12.3 Å². The quantitative estimate of drug-likeness (QED) is 0.152. The maximum Gasteiger partial charge on any atom is 0.326 e. The number of hydrogen-bond acceptors (Lipinski definition) is 8. The lowest BCUT2D eigenvalue weighted by atomic mass is 10.0. The summed E-state index contributed by atoms with van der Waals surface area (Å²) in [5.74, 6) is -3.57. The molecule has 0 spiro atoms. The first-order valence-electron chi connectivity index (χ1n) is 9.67. The molecule has 0 bridgehead atoms. The predicted molar refractivity (Wildman–Crippen MR) is 114 cm³/mol. The molecule has 1 aromatic rings. The van der Waals surface area contributed by atoms with Crippen molar-refractivity contribution in [1.29, 1.82) is 0 Å². The monoisotopic (exact) mass is 458 g/mol. The van der Waals surface area contributed by atoms with Gasteiger partial charge in [-0.3, -0.25) is 14.4 Å². The molecule has 31 heavy (non-hydrogen) atoms. The summed E-state index contributed by atoms with van der Waals surface area (Å²) in [5, 5.41) is 25.8. The van der Waals surface area contributed by atoms with Gasteiger partial charge in [-0.2, -0.15) is 12.6 Å². The third-order valence-electron chi connectivity index (χ3n) is 4.28. The number of rotatable bonds is 13. The molecule has 3 amide bonds. The molecular weight excluding hydrogens is 428 g/mol. The topological polar surface area (TPSA) is 200 Å². The van der Waals surface area contributed by atoms with Crippen LogP contribution >= 0.6 is 12.6 Å². The number of aliphatic hydroxyl groups is 1. The number of aromatic nitrogens is 2. The van der Waals surface area contributed by atoms with Gasteiger partial charge in [0.15, 0.2) is 0 Å². The number of aromatic amines is 1. The first-order valence-corrected chi connectivity index (χ1v) is 10.3. The van der Waals surface area contributed by atoms with Gasteiger partial charge in [-0.15, -0.1) is 0 Å². The second-order valence-electron chi connectivity index (χ2n) is 7.40. The lowest BCUT2D eigenvalue weighted by molar-refractivity contribution is -0.142. The molecule has 4 unspecified atom stereocenters. The Morgan fingerprint density at radius 2 is 1.68 bits per heavy atom. The number of aliphatic hydroxyl groups excluding tert-OH is 1. The number of carbonyl (C=O) groups is 4. The van der Waals surface area contributed by atoms with Gasteiger partial charge in [-0.25, -0.2) is 9.78 Å². The van der Waals surface area contributed by atoms with Gasteiger partial charge >= 0.3 is 5.97 Å². The molecule has 0 aromatic carbocycles. The summed E-state index contributed by atoms with van der Waals surface area (Å²) >= 11 is 4.02. The Morgan fingerprint density at radius 3 is 2.16 bits per heavy atom. The molecule has 0 aliphatic heterocycles. The molecule has 1 rings (SSSR count). The minimum atomic E-state index is -1.36. The summed E-state index contributed by atoms with van der Waals surface area (Å²) < 4.78 is 0. The molecule has 174 valence electrons.